The Morgan fingerprint density at radius 1 is 1.44 bits per heavy atom. The van der Waals surface area contributed by atoms with E-state index in [2.05, 4.69) is 6.58 Å². The van der Waals surface area contributed by atoms with E-state index < -0.39 is 16.8 Å². The number of benzene rings is 1. The summed E-state index contributed by atoms with van der Waals surface area (Å²) in [5.74, 6) is -1.56. The van der Waals surface area contributed by atoms with Crippen LogP contribution in [0.1, 0.15) is 6.42 Å². The van der Waals surface area contributed by atoms with Gasteiger partial charge in [0.15, 0.2) is 0 Å². The van der Waals surface area contributed by atoms with Gasteiger partial charge in [-0.15, -0.1) is 0 Å². The van der Waals surface area contributed by atoms with Gasteiger partial charge in [-0.1, -0.05) is 12.6 Å². The smallest absolute Gasteiger partial charge is 0.339 e. The van der Waals surface area contributed by atoms with Crippen LogP contribution in [0.5, 0.6) is 5.75 Å². The molecule has 7 nitrogen and oxygen atoms in total. The van der Waals surface area contributed by atoms with Gasteiger partial charge in [0, 0.05) is 11.6 Å². The fraction of sp³-hybridized carbons (Fsp3) is 0.0909. The molecule has 0 saturated heterocycles. The second kappa shape index (κ2) is 5.58. The Hall–Kier alpha value is -2.70. The van der Waals surface area contributed by atoms with E-state index in [1.807, 2.05) is 0 Å². The Labute approximate surface area is 102 Å². The number of primary amides is 1. The Balaban J connectivity index is 2.76. The fourth-order valence-corrected chi connectivity index (χ4v) is 1.12. The average molecular weight is 250 g/mol. The first-order valence-electron chi connectivity index (χ1n) is 4.83. The van der Waals surface area contributed by atoms with Crippen LogP contribution in [-0.4, -0.2) is 16.8 Å². The lowest BCUT2D eigenvalue weighted by Gasteiger charge is -2.04. The second-order valence-electron chi connectivity index (χ2n) is 3.39. The van der Waals surface area contributed by atoms with Crippen LogP contribution in [0.4, 0.5) is 5.69 Å². The summed E-state index contributed by atoms with van der Waals surface area (Å²) in [6.45, 7) is 3.34. The van der Waals surface area contributed by atoms with Crippen molar-refractivity contribution in [1.29, 1.82) is 0 Å². The van der Waals surface area contributed by atoms with Crippen LogP contribution in [0.25, 0.3) is 0 Å². The number of nitro benzene ring substituents is 1. The molecule has 18 heavy (non-hydrogen) atoms. The predicted molar refractivity (Wildman–Crippen MR) is 61.7 cm³/mol. The molecule has 1 aromatic carbocycles. The van der Waals surface area contributed by atoms with Crippen LogP contribution in [0.2, 0.25) is 0 Å². The molecule has 0 saturated carbocycles. The summed E-state index contributed by atoms with van der Waals surface area (Å²) in [5.41, 5.74) is 4.57. The molecule has 0 spiro atoms. The van der Waals surface area contributed by atoms with Crippen molar-refractivity contribution in [1.82, 2.24) is 0 Å². The molecule has 1 rings (SSSR count). The van der Waals surface area contributed by atoms with Crippen molar-refractivity contribution in [2.24, 2.45) is 5.73 Å². The van der Waals surface area contributed by atoms with Crippen molar-refractivity contribution in [2.45, 2.75) is 6.42 Å². The molecule has 94 valence electrons. The number of nitrogens with two attached hydrogens (primary N) is 1. The minimum absolute atomic E-state index is 0.000166. The van der Waals surface area contributed by atoms with Gasteiger partial charge in [0.1, 0.15) is 5.75 Å². The highest BCUT2D eigenvalue weighted by Gasteiger charge is 2.14. The van der Waals surface area contributed by atoms with Crippen molar-refractivity contribution in [3.63, 3.8) is 0 Å². The van der Waals surface area contributed by atoms with Crippen molar-refractivity contribution in [3.8, 4) is 5.75 Å². The molecule has 0 aliphatic heterocycles. The number of non-ortho nitro benzene ring substituents is 1. The normalized spacial score (nSPS) is 9.56. The van der Waals surface area contributed by atoms with Crippen LogP contribution in [-0.2, 0) is 9.59 Å². The molecule has 1 aromatic rings. The predicted octanol–water partition coefficient (Wildman–Crippen LogP) is 0.932. The molecule has 1 amide bonds. The van der Waals surface area contributed by atoms with E-state index >= 15 is 0 Å². The average Bonchev–Trinajstić information content (AvgIpc) is 2.28. The van der Waals surface area contributed by atoms with Gasteiger partial charge >= 0.3 is 5.97 Å². The Morgan fingerprint density at radius 2 is 2.11 bits per heavy atom. The molecule has 0 unspecified atom stereocenters. The summed E-state index contributed by atoms with van der Waals surface area (Å²) in [6, 6.07) is 5.10. The molecule has 0 aliphatic carbocycles. The van der Waals surface area contributed by atoms with Gasteiger partial charge in [0.05, 0.1) is 17.4 Å². The first-order chi connectivity index (χ1) is 8.40. The molecule has 0 aliphatic rings. The van der Waals surface area contributed by atoms with Gasteiger partial charge in [-0.3, -0.25) is 14.9 Å². The van der Waals surface area contributed by atoms with Gasteiger partial charge in [-0.05, 0) is 6.07 Å². The van der Waals surface area contributed by atoms with Gasteiger partial charge in [-0.25, -0.2) is 4.79 Å². The zero-order valence-electron chi connectivity index (χ0n) is 9.29. The molecule has 0 bridgehead atoms. The van der Waals surface area contributed by atoms with E-state index in [-0.39, 0.29) is 23.4 Å². The molecule has 0 radical (unpaired) electrons. The summed E-state index contributed by atoms with van der Waals surface area (Å²) < 4.78 is 4.82. The second-order valence-corrected chi connectivity index (χ2v) is 3.39. The van der Waals surface area contributed by atoms with Gasteiger partial charge in [0.2, 0.25) is 5.91 Å². The maximum absolute atomic E-state index is 11.4. The number of nitrogens with zero attached hydrogens (tertiary/aromatic N) is 1. The molecule has 2 N–H and O–H groups in total. The standard InChI is InChI=1S/C11H10N2O5/c1-7(5-10(12)14)11(15)18-9-4-2-3-8(6-9)13(16)17/h2-4,6H,1,5H2,(H2,12,14). The van der Waals surface area contributed by atoms with Crippen molar-refractivity contribution < 1.29 is 19.2 Å². The van der Waals surface area contributed by atoms with Gasteiger partial charge in [0.25, 0.3) is 5.69 Å². The molecule has 0 fully saturated rings. The maximum atomic E-state index is 11.4. The third kappa shape index (κ3) is 3.71. The van der Waals surface area contributed by atoms with E-state index in [9.17, 15) is 19.7 Å². The van der Waals surface area contributed by atoms with Gasteiger partial charge in [-0.2, -0.15) is 0 Å². The SMILES string of the molecule is C=C(CC(N)=O)C(=O)Oc1cccc([N+](=O)[O-])c1. The Kier molecular flexibility index (Phi) is 4.14. The number of carbonyl (C=O) groups excluding carboxylic acids is 2. The lowest BCUT2D eigenvalue weighted by molar-refractivity contribution is -0.384. The van der Waals surface area contributed by atoms with Crippen LogP contribution in [0.15, 0.2) is 36.4 Å². The van der Waals surface area contributed by atoms with E-state index in [0.717, 1.165) is 6.07 Å². The minimum atomic E-state index is -0.853. The summed E-state index contributed by atoms with van der Waals surface area (Å²) in [4.78, 5) is 31.9. The molecule has 7 heteroatoms. The van der Waals surface area contributed by atoms with Crippen molar-refractivity contribution in [3.05, 3.63) is 46.5 Å². The molecule has 0 aromatic heterocycles. The topological polar surface area (TPSA) is 113 Å². The van der Waals surface area contributed by atoms with E-state index in [1.54, 1.807) is 0 Å². The van der Waals surface area contributed by atoms with Crippen LogP contribution < -0.4 is 10.5 Å². The highest BCUT2D eigenvalue weighted by atomic mass is 16.6. The summed E-state index contributed by atoms with van der Waals surface area (Å²) in [5, 5.41) is 10.5. The van der Waals surface area contributed by atoms with Gasteiger partial charge < -0.3 is 10.5 Å². The molecule has 0 heterocycles. The third-order valence-corrected chi connectivity index (χ3v) is 1.92. The van der Waals surface area contributed by atoms with Crippen LogP contribution in [0.3, 0.4) is 0 Å². The number of rotatable bonds is 5. The number of hydrogen-bond donors (Lipinski definition) is 1. The van der Waals surface area contributed by atoms with E-state index in [4.69, 9.17) is 10.5 Å². The van der Waals surface area contributed by atoms with E-state index in [0.29, 0.717) is 0 Å². The summed E-state index contributed by atoms with van der Waals surface area (Å²) in [6.07, 6.45) is -0.326. The van der Waals surface area contributed by atoms with Crippen molar-refractivity contribution >= 4 is 17.6 Å². The molecular formula is C11H10N2O5. The first-order valence-corrected chi connectivity index (χ1v) is 4.83. The zero-order valence-corrected chi connectivity index (χ0v) is 9.29. The number of nitro groups is 1. The fourth-order valence-electron chi connectivity index (χ4n) is 1.12. The highest BCUT2D eigenvalue weighted by molar-refractivity contribution is 5.95. The number of esters is 1. The molecular weight excluding hydrogens is 240 g/mol. The minimum Gasteiger partial charge on any atom is -0.423 e. The first kappa shape index (κ1) is 13.4. The number of amides is 1. The summed E-state index contributed by atoms with van der Waals surface area (Å²) >= 11 is 0. The number of ether oxygens (including phenoxy) is 1. The highest BCUT2D eigenvalue weighted by Crippen LogP contribution is 2.20. The summed E-state index contributed by atoms with van der Waals surface area (Å²) in [7, 11) is 0. The zero-order chi connectivity index (χ0) is 13.7. The Morgan fingerprint density at radius 3 is 2.67 bits per heavy atom. The lowest BCUT2D eigenvalue weighted by atomic mass is 10.2. The maximum Gasteiger partial charge on any atom is 0.339 e. The van der Waals surface area contributed by atoms with E-state index in [1.165, 1.54) is 18.2 Å². The quantitative estimate of drug-likeness (QED) is 0.274. The largest absolute Gasteiger partial charge is 0.423 e. The lowest BCUT2D eigenvalue weighted by Crippen LogP contribution is -2.18. The molecule has 0 atom stereocenters. The monoisotopic (exact) mass is 250 g/mol. The van der Waals surface area contributed by atoms with Crippen LogP contribution >= 0.6 is 0 Å². The number of hydrogen-bond acceptors (Lipinski definition) is 5. The Bertz CT molecular complexity index is 524. The van der Waals surface area contributed by atoms with Crippen molar-refractivity contribution in [2.75, 3.05) is 0 Å². The van der Waals surface area contributed by atoms with Crippen LogP contribution in [0, 0.1) is 10.1 Å². The third-order valence-electron chi connectivity index (χ3n) is 1.92. The number of carbonyl (C=O) groups is 2.